The first-order valence-corrected chi connectivity index (χ1v) is 6.62. The van der Waals surface area contributed by atoms with Crippen molar-refractivity contribution < 1.29 is 4.74 Å². The Morgan fingerprint density at radius 1 is 1.15 bits per heavy atom. The largest absolute Gasteiger partial charge is 0.490 e. The van der Waals surface area contributed by atoms with Gasteiger partial charge in [0.1, 0.15) is 0 Å². The van der Waals surface area contributed by atoms with Gasteiger partial charge >= 0.3 is 0 Å². The van der Waals surface area contributed by atoms with Gasteiger partial charge < -0.3 is 10.1 Å². The maximum atomic E-state index is 8.50. The number of benzene rings is 1. The summed E-state index contributed by atoms with van der Waals surface area (Å²) in [6.45, 7) is 1.23. The van der Waals surface area contributed by atoms with Crippen LogP contribution in [0.2, 0.25) is 0 Å². The van der Waals surface area contributed by atoms with Crippen LogP contribution in [0.15, 0.2) is 48.7 Å². The van der Waals surface area contributed by atoms with E-state index in [0.717, 1.165) is 18.0 Å². The molecule has 1 aromatic heterocycles. The van der Waals surface area contributed by atoms with E-state index in [1.165, 1.54) is 5.56 Å². The van der Waals surface area contributed by atoms with E-state index in [1.54, 1.807) is 6.20 Å². The molecule has 4 nitrogen and oxygen atoms in total. The zero-order chi connectivity index (χ0) is 14.0. The van der Waals surface area contributed by atoms with Crippen molar-refractivity contribution in [1.29, 1.82) is 5.26 Å². The average Bonchev–Trinajstić information content (AvgIpc) is 2.51. The van der Waals surface area contributed by atoms with Crippen LogP contribution in [-0.4, -0.2) is 11.6 Å². The molecule has 0 saturated heterocycles. The number of nitrogens with zero attached hydrogens (tertiary/aromatic N) is 2. The first-order valence-electron chi connectivity index (χ1n) is 6.62. The fourth-order valence-electron chi connectivity index (χ4n) is 1.75. The monoisotopic (exact) mass is 267 g/mol. The lowest BCUT2D eigenvalue weighted by molar-refractivity contribution is 0.313. The number of nitriles is 1. The summed E-state index contributed by atoms with van der Waals surface area (Å²) in [5.41, 5.74) is 1.19. The molecule has 0 aliphatic carbocycles. The molecule has 1 aromatic carbocycles. The van der Waals surface area contributed by atoms with Gasteiger partial charge in [-0.1, -0.05) is 30.3 Å². The number of hydrogen-bond acceptors (Lipinski definition) is 4. The Hall–Kier alpha value is -2.54. The Morgan fingerprint density at radius 2 is 2.00 bits per heavy atom. The van der Waals surface area contributed by atoms with Crippen molar-refractivity contribution in [3.8, 4) is 11.8 Å². The van der Waals surface area contributed by atoms with Crippen molar-refractivity contribution in [3.05, 3.63) is 54.2 Å². The third-order valence-electron chi connectivity index (χ3n) is 2.76. The molecular formula is C16H17N3O. The molecule has 0 atom stereocenters. The van der Waals surface area contributed by atoms with Gasteiger partial charge in [-0.15, -0.1) is 0 Å². The average molecular weight is 267 g/mol. The molecule has 2 aromatic rings. The van der Waals surface area contributed by atoms with Crippen LogP contribution in [0.1, 0.15) is 18.4 Å². The molecule has 0 saturated carbocycles. The number of rotatable bonds is 7. The molecule has 0 spiro atoms. The first kappa shape index (κ1) is 13.9. The SMILES string of the molecule is N#CCCCOc1cccnc1NCc1ccccc1. The molecule has 20 heavy (non-hydrogen) atoms. The molecule has 0 amide bonds. The van der Waals surface area contributed by atoms with Crippen molar-refractivity contribution in [2.45, 2.75) is 19.4 Å². The van der Waals surface area contributed by atoms with Gasteiger partial charge in [-0.25, -0.2) is 4.98 Å². The van der Waals surface area contributed by atoms with Gasteiger partial charge in [0.2, 0.25) is 0 Å². The topological polar surface area (TPSA) is 57.9 Å². The predicted octanol–water partition coefficient (Wildman–Crippen LogP) is 3.38. The minimum absolute atomic E-state index is 0.507. The standard InChI is InChI=1S/C16H17N3O/c17-10-4-5-12-20-15-9-6-11-18-16(15)19-13-14-7-2-1-3-8-14/h1-3,6-9,11H,4-5,12-13H2,(H,18,19). The lowest BCUT2D eigenvalue weighted by atomic mass is 10.2. The number of hydrogen-bond donors (Lipinski definition) is 1. The van der Waals surface area contributed by atoms with Gasteiger partial charge in [0.05, 0.1) is 12.7 Å². The molecule has 0 aliphatic rings. The predicted molar refractivity (Wildman–Crippen MR) is 78.3 cm³/mol. The smallest absolute Gasteiger partial charge is 0.169 e. The van der Waals surface area contributed by atoms with Crippen LogP contribution >= 0.6 is 0 Å². The highest BCUT2D eigenvalue weighted by Gasteiger charge is 2.04. The summed E-state index contributed by atoms with van der Waals surface area (Å²) in [6, 6.07) is 16.0. The third kappa shape index (κ3) is 4.29. The Bertz CT molecular complexity index is 563. The molecule has 1 N–H and O–H groups in total. The maximum Gasteiger partial charge on any atom is 0.169 e. The van der Waals surface area contributed by atoms with E-state index in [1.807, 2.05) is 30.3 Å². The molecule has 0 fully saturated rings. The number of aromatic nitrogens is 1. The third-order valence-corrected chi connectivity index (χ3v) is 2.76. The van der Waals surface area contributed by atoms with Gasteiger partial charge in [0.15, 0.2) is 11.6 Å². The lowest BCUT2D eigenvalue weighted by Gasteiger charge is -2.11. The molecule has 0 aliphatic heterocycles. The zero-order valence-electron chi connectivity index (χ0n) is 11.2. The van der Waals surface area contributed by atoms with Crippen LogP contribution in [0.4, 0.5) is 5.82 Å². The summed E-state index contributed by atoms with van der Waals surface area (Å²) < 4.78 is 5.65. The van der Waals surface area contributed by atoms with E-state index in [0.29, 0.717) is 19.6 Å². The molecule has 0 unspecified atom stereocenters. The van der Waals surface area contributed by atoms with E-state index >= 15 is 0 Å². The summed E-state index contributed by atoms with van der Waals surface area (Å²) in [4.78, 5) is 4.29. The highest BCUT2D eigenvalue weighted by atomic mass is 16.5. The molecule has 0 radical (unpaired) electrons. The lowest BCUT2D eigenvalue weighted by Crippen LogP contribution is -2.05. The van der Waals surface area contributed by atoms with Crippen molar-refractivity contribution >= 4 is 5.82 Å². The van der Waals surface area contributed by atoms with Crippen molar-refractivity contribution in [2.24, 2.45) is 0 Å². The van der Waals surface area contributed by atoms with Crippen molar-refractivity contribution in [1.82, 2.24) is 4.98 Å². The van der Waals surface area contributed by atoms with Gasteiger partial charge in [-0.3, -0.25) is 0 Å². The van der Waals surface area contributed by atoms with Crippen LogP contribution in [-0.2, 0) is 6.54 Å². The van der Waals surface area contributed by atoms with E-state index in [2.05, 4.69) is 28.5 Å². The van der Waals surface area contributed by atoms with Crippen LogP contribution in [0.3, 0.4) is 0 Å². The Kier molecular flexibility index (Phi) is 5.41. The molecule has 102 valence electrons. The minimum Gasteiger partial charge on any atom is -0.490 e. The quantitative estimate of drug-likeness (QED) is 0.781. The van der Waals surface area contributed by atoms with E-state index in [-0.39, 0.29) is 0 Å². The van der Waals surface area contributed by atoms with Crippen LogP contribution in [0.5, 0.6) is 5.75 Å². The summed E-state index contributed by atoms with van der Waals surface area (Å²) in [5, 5.41) is 11.8. The van der Waals surface area contributed by atoms with Crippen LogP contribution in [0.25, 0.3) is 0 Å². The second-order valence-electron chi connectivity index (χ2n) is 4.30. The fraction of sp³-hybridized carbons (Fsp3) is 0.250. The maximum absolute atomic E-state index is 8.50. The first-order chi connectivity index (χ1) is 9.90. The van der Waals surface area contributed by atoms with Crippen molar-refractivity contribution in [3.63, 3.8) is 0 Å². The van der Waals surface area contributed by atoms with Gasteiger partial charge in [0.25, 0.3) is 0 Å². The number of nitrogens with one attached hydrogen (secondary N) is 1. The fourth-order valence-corrected chi connectivity index (χ4v) is 1.75. The Balaban J connectivity index is 1.92. The second kappa shape index (κ2) is 7.80. The summed E-state index contributed by atoms with van der Waals surface area (Å²) in [6.07, 6.45) is 2.96. The van der Waals surface area contributed by atoms with Crippen molar-refractivity contribution in [2.75, 3.05) is 11.9 Å². The minimum atomic E-state index is 0.507. The van der Waals surface area contributed by atoms with E-state index < -0.39 is 0 Å². The molecule has 0 bridgehead atoms. The Labute approximate surface area is 119 Å². The zero-order valence-corrected chi connectivity index (χ0v) is 11.2. The van der Waals surface area contributed by atoms with Crippen LogP contribution < -0.4 is 10.1 Å². The highest BCUT2D eigenvalue weighted by molar-refractivity contribution is 5.49. The summed E-state index contributed by atoms with van der Waals surface area (Å²) in [5.74, 6) is 1.45. The van der Waals surface area contributed by atoms with E-state index in [4.69, 9.17) is 10.00 Å². The number of ether oxygens (including phenoxy) is 1. The normalized spacial score (nSPS) is 9.75. The number of pyridine rings is 1. The van der Waals surface area contributed by atoms with Gasteiger partial charge in [0, 0.05) is 19.2 Å². The molecule has 4 heteroatoms. The Morgan fingerprint density at radius 3 is 2.80 bits per heavy atom. The molecule has 1 heterocycles. The van der Waals surface area contributed by atoms with Gasteiger partial charge in [-0.2, -0.15) is 5.26 Å². The summed E-state index contributed by atoms with van der Waals surface area (Å²) in [7, 11) is 0. The number of unbranched alkanes of at least 4 members (excludes halogenated alkanes) is 1. The van der Waals surface area contributed by atoms with Gasteiger partial charge in [-0.05, 0) is 24.1 Å². The summed E-state index contributed by atoms with van der Waals surface area (Å²) >= 11 is 0. The second-order valence-corrected chi connectivity index (χ2v) is 4.30. The molecular weight excluding hydrogens is 250 g/mol. The molecule has 2 rings (SSSR count). The van der Waals surface area contributed by atoms with E-state index in [9.17, 15) is 0 Å². The van der Waals surface area contributed by atoms with Crippen LogP contribution in [0, 0.1) is 11.3 Å². The number of anilines is 1. The highest BCUT2D eigenvalue weighted by Crippen LogP contribution is 2.21.